The molecule has 1 aromatic carbocycles. The second kappa shape index (κ2) is 5.38. The van der Waals surface area contributed by atoms with Gasteiger partial charge in [-0.1, -0.05) is 12.1 Å². The fourth-order valence-corrected chi connectivity index (χ4v) is 2.21. The maximum Gasteiger partial charge on any atom is 0.221 e. The molecule has 1 amide bonds. The number of hydrazine groups is 1. The topological polar surface area (TPSA) is 81.8 Å². The molecule has 1 aromatic heterocycles. The summed E-state index contributed by atoms with van der Waals surface area (Å²) in [5.74, 6) is 0.899. The molecule has 0 bridgehead atoms. The number of hydrogen-bond donors (Lipinski definition) is 4. The number of aromatic amines is 1. The maximum atomic E-state index is 11.8. The van der Waals surface area contributed by atoms with Crippen LogP contribution in [0.4, 0.5) is 0 Å². The first-order valence-corrected chi connectivity index (χ1v) is 6.52. The molecule has 1 atom stereocenters. The molecule has 1 aliphatic rings. The van der Waals surface area contributed by atoms with Crippen LogP contribution >= 0.6 is 0 Å². The van der Waals surface area contributed by atoms with Crippen molar-refractivity contribution in [3.8, 4) is 0 Å². The Bertz CT molecular complexity index is 540. The largest absolute Gasteiger partial charge is 0.342 e. The zero-order valence-electron chi connectivity index (χ0n) is 10.6. The summed E-state index contributed by atoms with van der Waals surface area (Å²) < 4.78 is 0. The second-order valence-electron chi connectivity index (χ2n) is 4.68. The zero-order chi connectivity index (χ0) is 13.1. The molecule has 0 spiro atoms. The standard InChI is InChI=1S/C13H17N5O/c19-13(17-12-7-8-14-18-12)6-5-11-15-9-3-1-2-4-10(9)16-11/h1-4,12,14,18H,5-8H2,(H,15,16)(H,17,19). The van der Waals surface area contributed by atoms with Crippen LogP contribution in [0.1, 0.15) is 18.7 Å². The van der Waals surface area contributed by atoms with Gasteiger partial charge in [-0.15, -0.1) is 0 Å². The van der Waals surface area contributed by atoms with Crippen molar-refractivity contribution in [2.24, 2.45) is 0 Å². The second-order valence-corrected chi connectivity index (χ2v) is 4.68. The molecule has 1 saturated heterocycles. The summed E-state index contributed by atoms with van der Waals surface area (Å²) in [6, 6.07) is 7.87. The van der Waals surface area contributed by atoms with Crippen molar-refractivity contribution in [3.63, 3.8) is 0 Å². The normalized spacial score (nSPS) is 18.8. The molecule has 19 heavy (non-hydrogen) atoms. The molecule has 0 radical (unpaired) electrons. The van der Waals surface area contributed by atoms with Crippen molar-refractivity contribution in [2.75, 3.05) is 6.54 Å². The first kappa shape index (κ1) is 12.1. The van der Waals surface area contributed by atoms with Crippen LogP contribution in [0.15, 0.2) is 24.3 Å². The number of aryl methyl sites for hydroxylation is 1. The molecular weight excluding hydrogens is 242 g/mol. The van der Waals surface area contributed by atoms with Crippen LogP contribution in [0, 0.1) is 0 Å². The molecule has 1 aliphatic heterocycles. The van der Waals surface area contributed by atoms with Gasteiger partial charge in [0.25, 0.3) is 0 Å². The summed E-state index contributed by atoms with van der Waals surface area (Å²) in [6.07, 6.45) is 2.03. The SMILES string of the molecule is O=C(CCc1nc2ccccc2[nH]1)NC1CCNN1. The van der Waals surface area contributed by atoms with Crippen LogP contribution in [0.3, 0.4) is 0 Å². The monoisotopic (exact) mass is 259 g/mol. The first-order chi connectivity index (χ1) is 9.31. The summed E-state index contributed by atoms with van der Waals surface area (Å²) in [7, 11) is 0. The molecule has 1 fully saturated rings. The summed E-state index contributed by atoms with van der Waals surface area (Å²) in [6.45, 7) is 0.883. The first-order valence-electron chi connectivity index (χ1n) is 6.52. The van der Waals surface area contributed by atoms with E-state index in [2.05, 4.69) is 26.1 Å². The number of imidazole rings is 1. The van der Waals surface area contributed by atoms with E-state index < -0.39 is 0 Å². The Hall–Kier alpha value is -1.92. The number of rotatable bonds is 4. The number of aromatic nitrogens is 2. The summed E-state index contributed by atoms with van der Waals surface area (Å²) >= 11 is 0. The highest BCUT2D eigenvalue weighted by atomic mass is 16.1. The van der Waals surface area contributed by atoms with Crippen molar-refractivity contribution in [3.05, 3.63) is 30.1 Å². The lowest BCUT2D eigenvalue weighted by molar-refractivity contribution is -0.121. The van der Waals surface area contributed by atoms with Crippen molar-refractivity contribution >= 4 is 16.9 Å². The van der Waals surface area contributed by atoms with Gasteiger partial charge in [-0.3, -0.25) is 10.2 Å². The molecule has 1 unspecified atom stereocenters. The number of carbonyl (C=O) groups is 1. The van der Waals surface area contributed by atoms with Gasteiger partial charge in [-0.05, 0) is 18.6 Å². The van der Waals surface area contributed by atoms with E-state index in [1.807, 2.05) is 24.3 Å². The Kier molecular flexibility index (Phi) is 3.43. The Morgan fingerprint density at radius 2 is 2.32 bits per heavy atom. The smallest absolute Gasteiger partial charge is 0.221 e. The van der Waals surface area contributed by atoms with E-state index in [9.17, 15) is 4.79 Å². The number of carbonyl (C=O) groups excluding carboxylic acids is 1. The van der Waals surface area contributed by atoms with Crippen LogP contribution < -0.4 is 16.2 Å². The highest BCUT2D eigenvalue weighted by molar-refractivity contribution is 5.77. The van der Waals surface area contributed by atoms with Gasteiger partial charge in [0.1, 0.15) is 5.82 Å². The van der Waals surface area contributed by atoms with E-state index in [1.54, 1.807) is 0 Å². The maximum absolute atomic E-state index is 11.8. The fourth-order valence-electron chi connectivity index (χ4n) is 2.21. The highest BCUT2D eigenvalue weighted by Crippen LogP contribution is 2.11. The Morgan fingerprint density at radius 3 is 3.11 bits per heavy atom. The van der Waals surface area contributed by atoms with Gasteiger partial charge in [0.05, 0.1) is 17.2 Å². The number of nitrogens with zero attached hydrogens (tertiary/aromatic N) is 1. The van der Waals surface area contributed by atoms with Gasteiger partial charge in [-0.2, -0.15) is 0 Å². The van der Waals surface area contributed by atoms with Crippen molar-refractivity contribution in [1.82, 2.24) is 26.1 Å². The molecule has 0 saturated carbocycles. The van der Waals surface area contributed by atoms with Crippen molar-refractivity contribution in [2.45, 2.75) is 25.4 Å². The molecular formula is C13H17N5O. The van der Waals surface area contributed by atoms with Gasteiger partial charge < -0.3 is 10.3 Å². The minimum Gasteiger partial charge on any atom is -0.342 e. The van der Waals surface area contributed by atoms with Gasteiger partial charge in [0, 0.05) is 19.4 Å². The number of amides is 1. The van der Waals surface area contributed by atoms with E-state index in [0.717, 1.165) is 29.8 Å². The number of H-pyrrole nitrogens is 1. The molecule has 0 aliphatic carbocycles. The minimum absolute atomic E-state index is 0.0432. The molecule has 4 N–H and O–H groups in total. The summed E-state index contributed by atoms with van der Waals surface area (Å²) in [5.41, 5.74) is 7.95. The zero-order valence-corrected chi connectivity index (χ0v) is 10.6. The van der Waals surface area contributed by atoms with E-state index in [-0.39, 0.29) is 12.1 Å². The van der Waals surface area contributed by atoms with Crippen LogP contribution in [0.25, 0.3) is 11.0 Å². The molecule has 100 valence electrons. The van der Waals surface area contributed by atoms with Gasteiger partial charge >= 0.3 is 0 Å². The molecule has 6 heteroatoms. The Morgan fingerprint density at radius 1 is 1.42 bits per heavy atom. The highest BCUT2D eigenvalue weighted by Gasteiger charge is 2.15. The van der Waals surface area contributed by atoms with Gasteiger partial charge in [0.15, 0.2) is 0 Å². The predicted molar refractivity (Wildman–Crippen MR) is 72.1 cm³/mol. The van der Waals surface area contributed by atoms with E-state index in [1.165, 1.54) is 0 Å². The van der Waals surface area contributed by atoms with Crippen molar-refractivity contribution < 1.29 is 4.79 Å². The lowest BCUT2D eigenvalue weighted by Gasteiger charge is -2.11. The lowest BCUT2D eigenvalue weighted by atomic mass is 10.2. The third-order valence-electron chi connectivity index (χ3n) is 3.20. The third-order valence-corrected chi connectivity index (χ3v) is 3.20. The number of para-hydroxylation sites is 2. The fraction of sp³-hybridized carbons (Fsp3) is 0.385. The third kappa shape index (κ3) is 2.91. The summed E-state index contributed by atoms with van der Waals surface area (Å²) in [4.78, 5) is 19.4. The number of nitrogens with one attached hydrogen (secondary N) is 4. The van der Waals surface area contributed by atoms with Crippen LogP contribution in [0.2, 0.25) is 0 Å². The lowest BCUT2D eigenvalue weighted by Crippen LogP contribution is -2.44. The van der Waals surface area contributed by atoms with Crippen LogP contribution in [-0.2, 0) is 11.2 Å². The minimum atomic E-state index is 0.0432. The number of benzene rings is 1. The Labute approximate surface area is 111 Å². The summed E-state index contributed by atoms with van der Waals surface area (Å²) in [5, 5.41) is 2.93. The van der Waals surface area contributed by atoms with E-state index in [4.69, 9.17) is 0 Å². The molecule has 2 aromatic rings. The van der Waals surface area contributed by atoms with Crippen LogP contribution in [0.5, 0.6) is 0 Å². The van der Waals surface area contributed by atoms with E-state index >= 15 is 0 Å². The molecule has 3 rings (SSSR count). The number of fused-ring (bicyclic) bond motifs is 1. The van der Waals surface area contributed by atoms with Crippen LogP contribution in [-0.4, -0.2) is 28.6 Å². The molecule has 6 nitrogen and oxygen atoms in total. The Balaban J connectivity index is 1.54. The predicted octanol–water partition coefficient (Wildman–Crippen LogP) is 0.436. The number of hydrogen-bond acceptors (Lipinski definition) is 4. The van der Waals surface area contributed by atoms with E-state index in [0.29, 0.717) is 12.8 Å². The molecule has 2 heterocycles. The van der Waals surface area contributed by atoms with Gasteiger partial charge in [-0.25, -0.2) is 10.4 Å². The quantitative estimate of drug-likeness (QED) is 0.642. The average Bonchev–Trinajstić information content (AvgIpc) is 3.04. The average molecular weight is 259 g/mol. The van der Waals surface area contributed by atoms with Crippen molar-refractivity contribution in [1.29, 1.82) is 0 Å². The van der Waals surface area contributed by atoms with Gasteiger partial charge in [0.2, 0.25) is 5.91 Å².